The second-order valence-electron chi connectivity index (χ2n) is 7.57. The smallest absolute Gasteiger partial charge is 0.456 e. The Bertz CT molecular complexity index is 1350. The number of aromatic nitrogens is 5. The number of benzene rings is 2. The summed E-state index contributed by atoms with van der Waals surface area (Å²) in [4.78, 5) is 3.61. The van der Waals surface area contributed by atoms with Crippen molar-refractivity contribution in [2.75, 3.05) is 0 Å². The lowest BCUT2D eigenvalue weighted by Crippen LogP contribution is -2.48. The van der Waals surface area contributed by atoms with Crippen molar-refractivity contribution in [3.05, 3.63) is 90.0 Å². The van der Waals surface area contributed by atoms with Crippen LogP contribution in [0.15, 0.2) is 67.1 Å². The first kappa shape index (κ1) is 25.8. The Morgan fingerprint density at radius 3 is 2.11 bits per heavy atom. The van der Waals surface area contributed by atoms with Gasteiger partial charge in [0.2, 0.25) is 0 Å². The van der Waals surface area contributed by atoms with Gasteiger partial charge >= 0.3 is 12.3 Å². The van der Waals surface area contributed by atoms with Gasteiger partial charge in [-0.2, -0.15) is 8.78 Å². The fraction of sp³-hybridized carbons (Fsp3) is 0.182. The maximum Gasteiger partial charge on any atom is 0.573 e. The minimum absolute atomic E-state index is 0.0411. The Morgan fingerprint density at radius 1 is 0.865 bits per heavy atom. The molecule has 2 aromatic heterocycles. The van der Waals surface area contributed by atoms with Crippen LogP contribution >= 0.6 is 0 Å². The molecular formula is C22H14F7N5O3. The molecule has 0 spiro atoms. The van der Waals surface area contributed by atoms with Crippen molar-refractivity contribution in [2.24, 2.45) is 0 Å². The highest BCUT2D eigenvalue weighted by atomic mass is 19.4. The first-order chi connectivity index (χ1) is 17.4. The second-order valence-corrected chi connectivity index (χ2v) is 7.57. The third-order valence-electron chi connectivity index (χ3n) is 5.03. The van der Waals surface area contributed by atoms with E-state index in [2.05, 4.69) is 25.2 Å². The van der Waals surface area contributed by atoms with Crippen molar-refractivity contribution in [3.63, 3.8) is 0 Å². The van der Waals surface area contributed by atoms with E-state index in [0.717, 1.165) is 53.6 Å². The van der Waals surface area contributed by atoms with Crippen LogP contribution in [0.2, 0.25) is 0 Å². The highest BCUT2D eigenvalue weighted by molar-refractivity contribution is 5.36. The molecule has 4 aromatic rings. The number of aliphatic hydroxyl groups is 1. The zero-order valence-electron chi connectivity index (χ0n) is 18.2. The largest absolute Gasteiger partial charge is 0.573 e. The van der Waals surface area contributed by atoms with Crippen LogP contribution in [0.4, 0.5) is 30.7 Å². The Balaban J connectivity index is 1.61. The third-order valence-corrected chi connectivity index (χ3v) is 5.03. The van der Waals surface area contributed by atoms with Crippen molar-refractivity contribution in [1.82, 2.24) is 25.2 Å². The number of hydrogen-bond acceptors (Lipinski definition) is 7. The first-order valence-electron chi connectivity index (χ1n) is 10.1. The molecule has 0 fully saturated rings. The monoisotopic (exact) mass is 529 g/mol. The summed E-state index contributed by atoms with van der Waals surface area (Å²) in [6.07, 6.45) is -3.10. The summed E-state index contributed by atoms with van der Waals surface area (Å²) < 4.78 is 106. The molecule has 1 unspecified atom stereocenters. The number of halogens is 7. The molecule has 1 atom stereocenters. The van der Waals surface area contributed by atoms with Gasteiger partial charge in [-0.3, -0.25) is 4.98 Å². The zero-order valence-corrected chi connectivity index (χ0v) is 18.2. The Labute approximate surface area is 202 Å². The van der Waals surface area contributed by atoms with E-state index >= 15 is 8.78 Å². The predicted molar refractivity (Wildman–Crippen MR) is 109 cm³/mol. The van der Waals surface area contributed by atoms with Crippen LogP contribution in [0.3, 0.4) is 0 Å². The van der Waals surface area contributed by atoms with Gasteiger partial charge in [-0.15, -0.1) is 18.3 Å². The van der Waals surface area contributed by atoms with Gasteiger partial charge in [0.25, 0.3) is 0 Å². The van der Waals surface area contributed by atoms with Crippen molar-refractivity contribution < 1.29 is 45.3 Å². The van der Waals surface area contributed by atoms with Crippen LogP contribution in [0.1, 0.15) is 11.3 Å². The average Bonchev–Trinajstić information content (AvgIpc) is 3.32. The molecule has 0 bridgehead atoms. The normalized spacial score (nSPS) is 13.7. The van der Waals surface area contributed by atoms with Gasteiger partial charge in [0.15, 0.2) is 5.60 Å². The molecule has 37 heavy (non-hydrogen) atoms. The number of ether oxygens (including phenoxy) is 2. The number of pyridine rings is 1. The molecule has 0 amide bonds. The van der Waals surface area contributed by atoms with Crippen LogP contribution in [0.25, 0.3) is 0 Å². The van der Waals surface area contributed by atoms with Crippen LogP contribution in [-0.4, -0.2) is 36.7 Å². The molecule has 1 N–H and O–H groups in total. The molecule has 0 aliphatic rings. The minimum atomic E-state index is -4.88. The first-order valence-corrected chi connectivity index (χ1v) is 10.1. The van der Waals surface area contributed by atoms with E-state index in [1.807, 2.05) is 0 Å². The van der Waals surface area contributed by atoms with Gasteiger partial charge in [-0.05, 0) is 59.0 Å². The Hall–Kier alpha value is -4.27. The third kappa shape index (κ3) is 5.61. The summed E-state index contributed by atoms with van der Waals surface area (Å²) in [5.74, 6) is -7.30. The van der Waals surface area contributed by atoms with Crippen molar-refractivity contribution in [1.29, 1.82) is 0 Å². The maximum atomic E-state index is 15.7. The highest BCUT2D eigenvalue weighted by Gasteiger charge is 2.58. The van der Waals surface area contributed by atoms with E-state index < -0.39 is 53.1 Å². The van der Waals surface area contributed by atoms with Gasteiger partial charge in [-0.25, -0.2) is 13.5 Å². The standard InChI is InChI=1S/C22H14F7N5O3/c23-13-1-7-17(18(24)9-13)20(35,11-34-12-31-32-33-34)21(25,26)19-8-6-16(10-30-19)36-14-2-4-15(5-3-14)37-22(27,28)29/h1-10,12,35H,11H2. The lowest BCUT2D eigenvalue weighted by atomic mass is 9.84. The van der Waals surface area contributed by atoms with E-state index in [9.17, 15) is 27.1 Å². The SMILES string of the molecule is OC(Cn1cnnn1)(c1ccc(F)cc1F)C(F)(F)c1ccc(Oc2ccc(OC(F)(F)F)cc2)cn1. The number of nitrogens with zero attached hydrogens (tertiary/aromatic N) is 5. The lowest BCUT2D eigenvalue weighted by molar-refractivity contribution is -0.274. The second kappa shape index (κ2) is 9.65. The van der Waals surface area contributed by atoms with Gasteiger partial charge in [-0.1, -0.05) is 0 Å². The molecule has 194 valence electrons. The van der Waals surface area contributed by atoms with E-state index in [4.69, 9.17) is 4.74 Å². The summed E-state index contributed by atoms with van der Waals surface area (Å²) in [5, 5.41) is 21.1. The number of alkyl halides is 5. The fourth-order valence-electron chi connectivity index (χ4n) is 3.35. The summed E-state index contributed by atoms with van der Waals surface area (Å²) in [6.45, 7) is -1.03. The van der Waals surface area contributed by atoms with Crippen LogP contribution in [0.5, 0.6) is 17.2 Å². The summed E-state index contributed by atoms with van der Waals surface area (Å²) in [5.41, 5.74) is -5.25. The predicted octanol–water partition coefficient (Wildman–Crippen LogP) is 4.72. The molecule has 15 heteroatoms. The quantitative estimate of drug-likeness (QED) is 0.330. The highest BCUT2D eigenvalue weighted by Crippen LogP contribution is 2.47. The molecule has 0 saturated heterocycles. The van der Waals surface area contributed by atoms with Crippen molar-refractivity contribution in [3.8, 4) is 17.2 Å². The van der Waals surface area contributed by atoms with E-state index in [1.165, 1.54) is 0 Å². The molecule has 8 nitrogen and oxygen atoms in total. The summed E-state index contributed by atoms with van der Waals surface area (Å²) in [7, 11) is 0. The molecule has 2 aromatic carbocycles. The molecular weight excluding hydrogens is 515 g/mol. The number of tetrazole rings is 1. The average molecular weight is 529 g/mol. The van der Waals surface area contributed by atoms with Gasteiger partial charge < -0.3 is 14.6 Å². The number of hydrogen-bond donors (Lipinski definition) is 1. The van der Waals surface area contributed by atoms with Crippen molar-refractivity contribution in [2.45, 2.75) is 24.4 Å². The van der Waals surface area contributed by atoms with Gasteiger partial charge in [0.05, 0.1) is 12.7 Å². The topological polar surface area (TPSA) is 95.2 Å². The molecule has 0 aliphatic heterocycles. The summed E-state index contributed by atoms with van der Waals surface area (Å²) >= 11 is 0. The van der Waals surface area contributed by atoms with Crippen LogP contribution in [-0.2, 0) is 18.1 Å². The molecule has 0 radical (unpaired) electrons. The number of rotatable bonds is 8. The van der Waals surface area contributed by atoms with Gasteiger partial charge in [0.1, 0.15) is 40.9 Å². The molecule has 0 aliphatic carbocycles. The maximum absolute atomic E-state index is 15.7. The summed E-state index contributed by atoms with van der Waals surface area (Å²) in [6, 6.07) is 7.81. The minimum Gasteiger partial charge on any atom is -0.456 e. The van der Waals surface area contributed by atoms with Crippen molar-refractivity contribution >= 4 is 0 Å². The van der Waals surface area contributed by atoms with Crippen LogP contribution in [0, 0.1) is 11.6 Å². The van der Waals surface area contributed by atoms with E-state index in [0.29, 0.717) is 18.2 Å². The molecule has 0 saturated carbocycles. The van der Waals surface area contributed by atoms with E-state index in [1.54, 1.807) is 0 Å². The zero-order chi connectivity index (χ0) is 26.8. The van der Waals surface area contributed by atoms with E-state index in [-0.39, 0.29) is 11.5 Å². The Morgan fingerprint density at radius 2 is 1.54 bits per heavy atom. The van der Waals surface area contributed by atoms with Crippen LogP contribution < -0.4 is 9.47 Å². The molecule has 4 rings (SSSR count). The fourth-order valence-corrected chi connectivity index (χ4v) is 3.35. The lowest BCUT2D eigenvalue weighted by Gasteiger charge is -2.35. The van der Waals surface area contributed by atoms with Gasteiger partial charge in [0, 0.05) is 11.6 Å². The Kier molecular flexibility index (Phi) is 6.73. The molecule has 2 heterocycles.